The van der Waals surface area contributed by atoms with Gasteiger partial charge in [0.25, 0.3) is 0 Å². The van der Waals surface area contributed by atoms with E-state index in [2.05, 4.69) is 69.1 Å². The number of aromatic nitrogens is 3. The molecule has 0 N–H and O–H groups in total. The molecule has 0 fully saturated rings. The first-order valence-electron chi connectivity index (χ1n) is 11.5. The molecule has 3 aromatic heterocycles. The standard InChI is InChI=1S/C24H32BrFN4OSSi/c1-5-18-14-21-24(32-18)28-22(30(21)16-31-12-13-33(2,3)4)15-29-10-8-17(9-11-29)20-7-6-19(26)23(25)27-20/h6-8,14H,5,9-13,15-16H2,1-4H3. The second kappa shape index (κ2) is 10.5. The normalized spacial score (nSPS) is 15.4. The molecule has 33 heavy (non-hydrogen) atoms. The predicted molar refractivity (Wildman–Crippen MR) is 141 cm³/mol. The second-order valence-corrected chi connectivity index (χ2v) is 17.2. The number of aryl methyl sites for hydroxylation is 1. The van der Waals surface area contributed by atoms with E-state index in [0.717, 1.165) is 61.5 Å². The lowest BCUT2D eigenvalue weighted by Gasteiger charge is -2.26. The zero-order valence-corrected chi connectivity index (χ0v) is 23.2. The van der Waals surface area contributed by atoms with Crippen LogP contribution in [0.4, 0.5) is 4.39 Å². The molecule has 178 valence electrons. The highest BCUT2D eigenvalue weighted by Gasteiger charge is 2.20. The fraction of sp³-hybridized carbons (Fsp3) is 0.500. The summed E-state index contributed by atoms with van der Waals surface area (Å²) in [5.41, 5.74) is 3.19. The Morgan fingerprint density at radius 3 is 2.73 bits per heavy atom. The molecule has 0 aliphatic carbocycles. The Morgan fingerprint density at radius 2 is 2.06 bits per heavy atom. The summed E-state index contributed by atoms with van der Waals surface area (Å²) in [6, 6.07) is 6.66. The molecule has 4 heterocycles. The molecule has 0 radical (unpaired) electrons. The number of fused-ring (bicyclic) bond motifs is 1. The molecule has 4 rings (SSSR count). The lowest BCUT2D eigenvalue weighted by Crippen LogP contribution is -2.29. The third kappa shape index (κ3) is 6.19. The minimum Gasteiger partial charge on any atom is -0.361 e. The van der Waals surface area contributed by atoms with E-state index >= 15 is 0 Å². The fourth-order valence-corrected chi connectivity index (χ4v) is 5.93. The maximum atomic E-state index is 13.5. The lowest BCUT2D eigenvalue weighted by atomic mass is 10.0. The van der Waals surface area contributed by atoms with E-state index < -0.39 is 8.07 Å². The highest BCUT2D eigenvalue weighted by Crippen LogP contribution is 2.29. The van der Waals surface area contributed by atoms with Gasteiger partial charge in [-0.25, -0.2) is 14.4 Å². The summed E-state index contributed by atoms with van der Waals surface area (Å²) < 4.78 is 22.2. The van der Waals surface area contributed by atoms with E-state index in [-0.39, 0.29) is 10.4 Å². The van der Waals surface area contributed by atoms with E-state index in [1.165, 1.54) is 22.0 Å². The Morgan fingerprint density at radius 1 is 1.24 bits per heavy atom. The Kier molecular flexibility index (Phi) is 7.85. The van der Waals surface area contributed by atoms with Crippen LogP contribution in [0.1, 0.15) is 29.7 Å². The molecule has 0 spiro atoms. The number of halogens is 2. The van der Waals surface area contributed by atoms with Gasteiger partial charge in [-0.2, -0.15) is 0 Å². The highest BCUT2D eigenvalue weighted by molar-refractivity contribution is 9.10. The van der Waals surface area contributed by atoms with Gasteiger partial charge in [0.15, 0.2) is 5.82 Å². The number of nitrogens with zero attached hydrogens (tertiary/aromatic N) is 4. The van der Waals surface area contributed by atoms with E-state index in [0.29, 0.717) is 6.73 Å². The van der Waals surface area contributed by atoms with Gasteiger partial charge in [-0.3, -0.25) is 4.90 Å². The zero-order valence-electron chi connectivity index (χ0n) is 19.8. The van der Waals surface area contributed by atoms with Crippen LogP contribution in [0.5, 0.6) is 0 Å². The molecule has 0 saturated heterocycles. The first-order chi connectivity index (χ1) is 15.7. The van der Waals surface area contributed by atoms with E-state index in [9.17, 15) is 4.39 Å². The van der Waals surface area contributed by atoms with Gasteiger partial charge in [0.05, 0.1) is 17.8 Å². The van der Waals surface area contributed by atoms with Crippen molar-refractivity contribution < 1.29 is 9.13 Å². The number of hydrogen-bond donors (Lipinski definition) is 0. The summed E-state index contributed by atoms with van der Waals surface area (Å²) in [6.45, 7) is 13.2. The molecular weight excluding hydrogens is 519 g/mol. The van der Waals surface area contributed by atoms with Gasteiger partial charge >= 0.3 is 0 Å². The average Bonchev–Trinajstić information content (AvgIpc) is 3.31. The number of ether oxygens (including phenoxy) is 1. The van der Waals surface area contributed by atoms with Crippen molar-refractivity contribution in [3.05, 3.63) is 51.1 Å². The fourth-order valence-electron chi connectivity index (χ4n) is 3.87. The summed E-state index contributed by atoms with van der Waals surface area (Å²) in [4.78, 5) is 14.2. The molecule has 9 heteroatoms. The number of hydrogen-bond acceptors (Lipinski definition) is 5. The molecule has 0 saturated carbocycles. The van der Waals surface area contributed by atoms with Gasteiger partial charge in [-0.05, 0) is 58.6 Å². The van der Waals surface area contributed by atoms with Crippen LogP contribution in [0.25, 0.3) is 15.9 Å². The van der Waals surface area contributed by atoms with Crippen molar-refractivity contribution >= 4 is 51.3 Å². The summed E-state index contributed by atoms with van der Waals surface area (Å²) in [5.74, 6) is 0.730. The number of thiophene rings is 1. The van der Waals surface area contributed by atoms with Crippen LogP contribution in [0.3, 0.4) is 0 Å². The largest absolute Gasteiger partial charge is 0.361 e. The molecule has 0 amide bonds. The first-order valence-corrected chi connectivity index (χ1v) is 16.8. The average molecular weight is 552 g/mol. The quantitative estimate of drug-likeness (QED) is 0.172. The van der Waals surface area contributed by atoms with Gasteiger partial charge in [-0.1, -0.05) is 32.6 Å². The van der Waals surface area contributed by atoms with Crippen LogP contribution >= 0.6 is 27.3 Å². The van der Waals surface area contributed by atoms with Crippen LogP contribution in [0.15, 0.2) is 28.9 Å². The Hall–Kier alpha value is -1.39. The maximum absolute atomic E-state index is 13.5. The molecule has 0 unspecified atom stereocenters. The maximum Gasteiger partial charge on any atom is 0.156 e. The summed E-state index contributed by atoms with van der Waals surface area (Å²) in [7, 11) is -1.12. The van der Waals surface area contributed by atoms with Crippen molar-refractivity contribution in [3.8, 4) is 0 Å². The second-order valence-electron chi connectivity index (χ2n) is 9.74. The van der Waals surface area contributed by atoms with Crippen molar-refractivity contribution in [2.75, 3.05) is 19.7 Å². The minimum absolute atomic E-state index is 0.269. The monoisotopic (exact) mass is 550 g/mol. The van der Waals surface area contributed by atoms with Gasteiger partial charge in [0.1, 0.15) is 22.0 Å². The summed E-state index contributed by atoms with van der Waals surface area (Å²) in [6.07, 6.45) is 4.11. The molecule has 3 aromatic rings. The van der Waals surface area contributed by atoms with E-state index in [4.69, 9.17) is 9.72 Å². The Balaban J connectivity index is 1.47. The third-order valence-electron chi connectivity index (χ3n) is 5.93. The molecule has 0 atom stereocenters. The number of pyridine rings is 1. The minimum atomic E-state index is -1.12. The number of rotatable bonds is 9. The zero-order chi connectivity index (χ0) is 23.6. The Bertz CT molecular complexity index is 1150. The topological polar surface area (TPSA) is 43.2 Å². The Labute approximate surface area is 208 Å². The SMILES string of the molecule is CCc1cc2c(nc(CN3CC=C(c4ccc(F)c(Br)n4)CC3)n2COCC[Si](C)(C)C)s1. The van der Waals surface area contributed by atoms with E-state index in [1.807, 2.05) is 0 Å². The highest BCUT2D eigenvalue weighted by atomic mass is 79.9. The van der Waals surface area contributed by atoms with Crippen molar-refractivity contribution in [1.82, 2.24) is 19.4 Å². The summed E-state index contributed by atoms with van der Waals surface area (Å²) in [5, 5.41) is 0. The van der Waals surface area contributed by atoms with Crippen molar-refractivity contribution in [3.63, 3.8) is 0 Å². The third-order valence-corrected chi connectivity index (χ3v) is 9.36. The van der Waals surface area contributed by atoms with E-state index in [1.54, 1.807) is 17.4 Å². The van der Waals surface area contributed by atoms with Crippen LogP contribution < -0.4 is 0 Å². The van der Waals surface area contributed by atoms with Crippen LogP contribution in [-0.2, 0) is 24.4 Å². The van der Waals surface area contributed by atoms with Crippen molar-refractivity contribution in [2.45, 2.75) is 58.7 Å². The molecule has 1 aliphatic rings. The van der Waals surface area contributed by atoms with Crippen LogP contribution in [0, 0.1) is 5.82 Å². The predicted octanol–water partition coefficient (Wildman–Crippen LogP) is 6.56. The van der Waals surface area contributed by atoms with Crippen LogP contribution in [-0.4, -0.2) is 47.2 Å². The van der Waals surface area contributed by atoms with Crippen molar-refractivity contribution in [1.29, 1.82) is 0 Å². The van der Waals surface area contributed by atoms with Crippen LogP contribution in [0.2, 0.25) is 25.7 Å². The molecule has 1 aliphatic heterocycles. The van der Waals surface area contributed by atoms with Gasteiger partial charge in [-0.15, -0.1) is 11.3 Å². The molecule has 0 aromatic carbocycles. The van der Waals surface area contributed by atoms with Crippen molar-refractivity contribution in [2.24, 2.45) is 0 Å². The number of imidazole rings is 1. The molecule has 5 nitrogen and oxygen atoms in total. The smallest absolute Gasteiger partial charge is 0.156 e. The lowest BCUT2D eigenvalue weighted by molar-refractivity contribution is 0.0859. The molecular formula is C24H32BrFN4OSSi. The van der Waals surface area contributed by atoms with Gasteiger partial charge in [0, 0.05) is 32.6 Å². The van der Waals surface area contributed by atoms with Gasteiger partial charge < -0.3 is 9.30 Å². The van der Waals surface area contributed by atoms with Gasteiger partial charge in [0.2, 0.25) is 0 Å². The summed E-state index contributed by atoms with van der Waals surface area (Å²) >= 11 is 4.98. The molecule has 0 bridgehead atoms. The first kappa shape index (κ1) is 24.7.